The standard InChI is InChI=1S/C14H19N3O/c1-5-13-15-14(16-17(13)4)11-8-6-7-9-12(11)18-10(2)3/h6-10H,5H2,1-4H3. The molecule has 0 N–H and O–H groups in total. The van der Waals surface area contributed by atoms with Crippen molar-refractivity contribution in [3.8, 4) is 17.1 Å². The molecule has 0 aliphatic heterocycles. The maximum Gasteiger partial charge on any atom is 0.185 e. The minimum Gasteiger partial charge on any atom is -0.490 e. The van der Waals surface area contributed by atoms with Gasteiger partial charge in [0.05, 0.1) is 11.7 Å². The van der Waals surface area contributed by atoms with Crippen LogP contribution in [0.2, 0.25) is 0 Å². The minimum absolute atomic E-state index is 0.139. The summed E-state index contributed by atoms with van der Waals surface area (Å²) in [6.45, 7) is 6.10. The highest BCUT2D eigenvalue weighted by Gasteiger charge is 2.13. The van der Waals surface area contributed by atoms with E-state index in [1.807, 2.05) is 49.8 Å². The Bertz CT molecular complexity index is 532. The summed E-state index contributed by atoms with van der Waals surface area (Å²) in [5.41, 5.74) is 0.946. The van der Waals surface area contributed by atoms with Crippen LogP contribution in [-0.4, -0.2) is 20.9 Å². The van der Waals surface area contributed by atoms with Crippen molar-refractivity contribution < 1.29 is 4.74 Å². The second kappa shape index (κ2) is 5.21. The molecular formula is C14H19N3O. The van der Waals surface area contributed by atoms with Gasteiger partial charge in [0.2, 0.25) is 0 Å². The van der Waals surface area contributed by atoms with Crippen LogP contribution in [0.25, 0.3) is 11.4 Å². The highest BCUT2D eigenvalue weighted by molar-refractivity contribution is 5.63. The zero-order chi connectivity index (χ0) is 13.1. The first-order valence-electron chi connectivity index (χ1n) is 6.27. The van der Waals surface area contributed by atoms with Gasteiger partial charge in [-0.15, -0.1) is 0 Å². The molecule has 4 heteroatoms. The highest BCUT2D eigenvalue weighted by atomic mass is 16.5. The molecule has 1 aromatic carbocycles. The van der Waals surface area contributed by atoms with Crippen molar-refractivity contribution >= 4 is 0 Å². The van der Waals surface area contributed by atoms with Crippen molar-refractivity contribution in [1.82, 2.24) is 14.8 Å². The van der Waals surface area contributed by atoms with E-state index in [9.17, 15) is 0 Å². The van der Waals surface area contributed by atoms with Crippen molar-refractivity contribution in [1.29, 1.82) is 0 Å². The van der Waals surface area contributed by atoms with Gasteiger partial charge in [0, 0.05) is 13.5 Å². The van der Waals surface area contributed by atoms with Crippen molar-refractivity contribution in [3.05, 3.63) is 30.1 Å². The van der Waals surface area contributed by atoms with Crippen LogP contribution in [0, 0.1) is 0 Å². The van der Waals surface area contributed by atoms with Crippen LogP contribution in [0.15, 0.2) is 24.3 Å². The topological polar surface area (TPSA) is 39.9 Å². The Morgan fingerprint density at radius 3 is 2.61 bits per heavy atom. The van der Waals surface area contributed by atoms with Gasteiger partial charge in [-0.1, -0.05) is 19.1 Å². The van der Waals surface area contributed by atoms with Gasteiger partial charge in [0.15, 0.2) is 5.82 Å². The van der Waals surface area contributed by atoms with E-state index in [0.717, 1.165) is 29.4 Å². The molecule has 0 atom stereocenters. The summed E-state index contributed by atoms with van der Waals surface area (Å²) in [4.78, 5) is 4.54. The molecule has 0 radical (unpaired) electrons. The lowest BCUT2D eigenvalue weighted by molar-refractivity contribution is 0.243. The second-order valence-electron chi connectivity index (χ2n) is 4.49. The van der Waals surface area contributed by atoms with Gasteiger partial charge in [0.1, 0.15) is 11.6 Å². The number of nitrogens with zero attached hydrogens (tertiary/aromatic N) is 3. The minimum atomic E-state index is 0.139. The van der Waals surface area contributed by atoms with Crippen LogP contribution in [0.4, 0.5) is 0 Å². The van der Waals surface area contributed by atoms with Crippen molar-refractivity contribution in [2.24, 2.45) is 7.05 Å². The molecule has 0 fully saturated rings. The summed E-state index contributed by atoms with van der Waals surface area (Å²) in [7, 11) is 1.92. The zero-order valence-corrected chi connectivity index (χ0v) is 11.3. The lowest BCUT2D eigenvalue weighted by Gasteiger charge is -2.12. The van der Waals surface area contributed by atoms with Gasteiger partial charge < -0.3 is 4.74 Å². The fourth-order valence-corrected chi connectivity index (χ4v) is 1.85. The fourth-order valence-electron chi connectivity index (χ4n) is 1.85. The molecule has 1 heterocycles. The molecule has 0 amide bonds. The number of aromatic nitrogens is 3. The number of para-hydroxylation sites is 1. The first-order chi connectivity index (χ1) is 8.61. The number of aryl methyl sites for hydroxylation is 2. The lowest BCUT2D eigenvalue weighted by Crippen LogP contribution is -2.06. The molecule has 96 valence electrons. The van der Waals surface area contributed by atoms with Crippen molar-refractivity contribution in [2.75, 3.05) is 0 Å². The largest absolute Gasteiger partial charge is 0.490 e. The van der Waals surface area contributed by atoms with Gasteiger partial charge in [-0.25, -0.2) is 4.98 Å². The molecule has 0 bridgehead atoms. The quantitative estimate of drug-likeness (QED) is 0.831. The Balaban J connectivity index is 2.42. The third kappa shape index (κ3) is 2.53. The molecule has 0 aliphatic carbocycles. The monoisotopic (exact) mass is 245 g/mol. The van der Waals surface area contributed by atoms with Crippen LogP contribution in [0.1, 0.15) is 26.6 Å². The Morgan fingerprint density at radius 2 is 2.00 bits per heavy atom. The number of benzene rings is 1. The average molecular weight is 245 g/mol. The average Bonchev–Trinajstić information content (AvgIpc) is 2.70. The number of hydrogen-bond donors (Lipinski definition) is 0. The van der Waals surface area contributed by atoms with Gasteiger partial charge in [-0.05, 0) is 26.0 Å². The van der Waals surface area contributed by atoms with Gasteiger partial charge in [0.25, 0.3) is 0 Å². The summed E-state index contributed by atoms with van der Waals surface area (Å²) in [6.07, 6.45) is 1.01. The molecular weight excluding hydrogens is 226 g/mol. The highest BCUT2D eigenvalue weighted by Crippen LogP contribution is 2.28. The Kier molecular flexibility index (Phi) is 3.65. The number of rotatable bonds is 4. The van der Waals surface area contributed by atoms with Crippen LogP contribution >= 0.6 is 0 Å². The Morgan fingerprint density at radius 1 is 1.28 bits per heavy atom. The molecule has 2 rings (SSSR count). The van der Waals surface area contributed by atoms with E-state index in [4.69, 9.17) is 4.74 Å². The van der Waals surface area contributed by atoms with Crippen LogP contribution in [-0.2, 0) is 13.5 Å². The normalized spacial score (nSPS) is 10.9. The predicted molar refractivity (Wildman–Crippen MR) is 71.6 cm³/mol. The Labute approximate surface area is 108 Å². The summed E-state index contributed by atoms with van der Waals surface area (Å²) in [5.74, 6) is 2.54. The SMILES string of the molecule is CCc1nc(-c2ccccc2OC(C)C)nn1C. The van der Waals surface area contributed by atoms with Crippen LogP contribution in [0.3, 0.4) is 0 Å². The van der Waals surface area contributed by atoms with Crippen molar-refractivity contribution in [2.45, 2.75) is 33.3 Å². The van der Waals surface area contributed by atoms with E-state index in [2.05, 4.69) is 17.0 Å². The maximum atomic E-state index is 5.79. The Hall–Kier alpha value is -1.84. The van der Waals surface area contributed by atoms with Crippen LogP contribution < -0.4 is 4.74 Å². The smallest absolute Gasteiger partial charge is 0.185 e. The molecule has 0 aliphatic rings. The van der Waals surface area contributed by atoms with E-state index in [-0.39, 0.29) is 6.10 Å². The zero-order valence-electron chi connectivity index (χ0n) is 11.3. The summed E-state index contributed by atoms with van der Waals surface area (Å²) in [5, 5.41) is 4.45. The maximum absolute atomic E-state index is 5.79. The van der Waals surface area contributed by atoms with E-state index >= 15 is 0 Å². The molecule has 2 aromatic rings. The molecule has 18 heavy (non-hydrogen) atoms. The van der Waals surface area contributed by atoms with Crippen LogP contribution in [0.5, 0.6) is 5.75 Å². The first-order valence-corrected chi connectivity index (χ1v) is 6.27. The summed E-state index contributed by atoms with van der Waals surface area (Å²) in [6, 6.07) is 7.89. The van der Waals surface area contributed by atoms with E-state index in [1.54, 1.807) is 0 Å². The molecule has 1 aromatic heterocycles. The number of ether oxygens (including phenoxy) is 1. The predicted octanol–water partition coefficient (Wildman–Crippen LogP) is 2.83. The summed E-state index contributed by atoms with van der Waals surface area (Å²) < 4.78 is 7.61. The number of hydrogen-bond acceptors (Lipinski definition) is 3. The van der Waals surface area contributed by atoms with E-state index in [1.165, 1.54) is 0 Å². The molecule has 4 nitrogen and oxygen atoms in total. The van der Waals surface area contributed by atoms with Crippen molar-refractivity contribution in [3.63, 3.8) is 0 Å². The lowest BCUT2D eigenvalue weighted by atomic mass is 10.2. The summed E-state index contributed by atoms with van der Waals surface area (Å²) >= 11 is 0. The third-order valence-corrected chi connectivity index (χ3v) is 2.66. The van der Waals surface area contributed by atoms with Gasteiger partial charge in [-0.2, -0.15) is 5.10 Å². The second-order valence-corrected chi connectivity index (χ2v) is 4.49. The van der Waals surface area contributed by atoms with E-state index in [0.29, 0.717) is 0 Å². The van der Waals surface area contributed by atoms with E-state index < -0.39 is 0 Å². The van der Waals surface area contributed by atoms with Gasteiger partial charge in [-0.3, -0.25) is 4.68 Å². The molecule has 0 spiro atoms. The molecule has 0 saturated carbocycles. The third-order valence-electron chi connectivity index (χ3n) is 2.66. The molecule has 0 unspecified atom stereocenters. The molecule has 0 saturated heterocycles. The van der Waals surface area contributed by atoms with Gasteiger partial charge >= 0.3 is 0 Å². The first kappa shape index (κ1) is 12.6. The fraction of sp³-hybridized carbons (Fsp3) is 0.429.